The lowest BCUT2D eigenvalue weighted by Gasteiger charge is -2.35. The van der Waals surface area contributed by atoms with Crippen molar-refractivity contribution in [3.63, 3.8) is 0 Å². The molecule has 1 N–H and O–H groups in total. The Kier molecular flexibility index (Phi) is 6.39. The molecule has 0 unspecified atom stereocenters. The van der Waals surface area contributed by atoms with Crippen LogP contribution in [0.15, 0.2) is 0 Å². The smallest absolute Gasteiger partial charge is 0.0787 e. The van der Waals surface area contributed by atoms with E-state index in [2.05, 4.69) is 20.8 Å². The predicted octanol–water partition coefficient (Wildman–Crippen LogP) is 1.64. The maximum absolute atomic E-state index is 8.67. The Labute approximate surface area is 76.8 Å². The molecule has 2 heteroatoms. The minimum Gasteiger partial charge on any atom is -0.396 e. The zero-order valence-corrected chi connectivity index (χ0v) is 8.84. The molecule has 0 aliphatic rings. The number of unbranched alkanes of at least 4 members (excludes halogenated alkanes) is 1. The molecule has 0 rings (SSSR count). The zero-order valence-electron chi connectivity index (χ0n) is 8.84. The molecule has 0 saturated carbocycles. The highest BCUT2D eigenvalue weighted by Crippen LogP contribution is 2.07. The second-order valence-corrected chi connectivity index (χ2v) is 3.44. The van der Waals surface area contributed by atoms with Crippen molar-refractivity contribution in [1.82, 2.24) is 0 Å². The molecule has 12 heavy (non-hydrogen) atoms. The van der Waals surface area contributed by atoms with Crippen LogP contribution in [0.5, 0.6) is 0 Å². The van der Waals surface area contributed by atoms with Crippen LogP contribution in [0.25, 0.3) is 0 Å². The highest BCUT2D eigenvalue weighted by Gasteiger charge is 2.19. The van der Waals surface area contributed by atoms with Crippen molar-refractivity contribution in [2.75, 3.05) is 32.8 Å². The lowest BCUT2D eigenvalue weighted by molar-refractivity contribution is -0.923. The van der Waals surface area contributed by atoms with E-state index in [1.54, 1.807) is 0 Å². The fourth-order valence-electron chi connectivity index (χ4n) is 1.70. The van der Waals surface area contributed by atoms with Gasteiger partial charge in [-0.1, -0.05) is 0 Å². The first kappa shape index (κ1) is 11.9. The van der Waals surface area contributed by atoms with Gasteiger partial charge in [0.15, 0.2) is 0 Å². The molecule has 0 saturated heterocycles. The van der Waals surface area contributed by atoms with Gasteiger partial charge < -0.3 is 9.59 Å². The third kappa shape index (κ3) is 3.55. The summed E-state index contributed by atoms with van der Waals surface area (Å²) in [5.74, 6) is 0. The van der Waals surface area contributed by atoms with Crippen LogP contribution in [0.1, 0.15) is 33.6 Å². The minimum atomic E-state index is 0.344. The van der Waals surface area contributed by atoms with Crippen LogP contribution >= 0.6 is 0 Å². The van der Waals surface area contributed by atoms with Gasteiger partial charge >= 0.3 is 0 Å². The van der Waals surface area contributed by atoms with Gasteiger partial charge in [-0.2, -0.15) is 0 Å². The van der Waals surface area contributed by atoms with Crippen LogP contribution in [0.3, 0.4) is 0 Å². The van der Waals surface area contributed by atoms with Gasteiger partial charge in [0.25, 0.3) is 0 Å². The molecule has 0 atom stereocenters. The average Bonchev–Trinajstić information content (AvgIpc) is 2.14. The standard InChI is InChI=1S/C10H24NO/c1-4-11(5-2,6-3)9-7-8-10-12/h12H,4-10H2,1-3H3/q+1. The number of nitrogens with zero attached hydrogens (tertiary/aromatic N) is 1. The molecule has 0 aromatic carbocycles. The Morgan fingerprint density at radius 1 is 0.917 bits per heavy atom. The summed E-state index contributed by atoms with van der Waals surface area (Å²) in [4.78, 5) is 0. The van der Waals surface area contributed by atoms with Gasteiger partial charge in [0.1, 0.15) is 0 Å². The summed E-state index contributed by atoms with van der Waals surface area (Å²) in [6.07, 6.45) is 2.12. The second-order valence-electron chi connectivity index (χ2n) is 3.44. The monoisotopic (exact) mass is 174 g/mol. The fourth-order valence-corrected chi connectivity index (χ4v) is 1.70. The van der Waals surface area contributed by atoms with Gasteiger partial charge in [0.05, 0.1) is 26.2 Å². The Bertz CT molecular complexity index is 91.7. The molecular formula is C10H24NO+. The molecule has 74 valence electrons. The van der Waals surface area contributed by atoms with Gasteiger partial charge in [-0.25, -0.2) is 0 Å². The summed E-state index contributed by atoms with van der Waals surface area (Å²) in [5, 5.41) is 8.67. The number of quaternary nitrogens is 1. The van der Waals surface area contributed by atoms with Crippen molar-refractivity contribution in [3.05, 3.63) is 0 Å². The molecule has 0 amide bonds. The largest absolute Gasteiger partial charge is 0.396 e. The zero-order chi connectivity index (χ0) is 9.45. The summed E-state index contributed by atoms with van der Waals surface area (Å²) >= 11 is 0. The number of aliphatic hydroxyl groups is 1. The van der Waals surface area contributed by atoms with E-state index in [-0.39, 0.29) is 0 Å². The molecule has 2 nitrogen and oxygen atoms in total. The van der Waals surface area contributed by atoms with Crippen LogP contribution in [0, 0.1) is 0 Å². The van der Waals surface area contributed by atoms with Gasteiger partial charge in [-0.3, -0.25) is 0 Å². The van der Waals surface area contributed by atoms with E-state index in [1.807, 2.05) is 0 Å². The van der Waals surface area contributed by atoms with Crippen LogP contribution in [-0.4, -0.2) is 42.4 Å². The number of hydrogen-bond donors (Lipinski definition) is 1. The second kappa shape index (κ2) is 6.44. The van der Waals surface area contributed by atoms with Crippen LogP contribution in [0.4, 0.5) is 0 Å². The first-order chi connectivity index (χ1) is 5.74. The Morgan fingerprint density at radius 2 is 1.42 bits per heavy atom. The molecule has 0 bridgehead atoms. The maximum Gasteiger partial charge on any atom is 0.0787 e. The van der Waals surface area contributed by atoms with E-state index >= 15 is 0 Å². The molecule has 0 aromatic heterocycles. The molecule has 0 heterocycles. The minimum absolute atomic E-state index is 0.344. The van der Waals surface area contributed by atoms with Crippen molar-refractivity contribution >= 4 is 0 Å². The van der Waals surface area contributed by atoms with E-state index in [0.717, 1.165) is 12.8 Å². The molecule has 0 fully saturated rings. The quantitative estimate of drug-likeness (QED) is 0.459. The summed E-state index contributed by atoms with van der Waals surface area (Å²) in [5.41, 5.74) is 0. The Hall–Kier alpha value is -0.0800. The van der Waals surface area contributed by atoms with Crippen LogP contribution in [-0.2, 0) is 0 Å². The van der Waals surface area contributed by atoms with E-state index in [0.29, 0.717) is 6.61 Å². The van der Waals surface area contributed by atoms with Crippen LogP contribution < -0.4 is 0 Å². The number of aliphatic hydroxyl groups excluding tert-OH is 1. The first-order valence-corrected chi connectivity index (χ1v) is 5.20. The Balaban J connectivity index is 3.76. The molecular weight excluding hydrogens is 150 g/mol. The van der Waals surface area contributed by atoms with E-state index in [9.17, 15) is 0 Å². The molecule has 0 aliphatic carbocycles. The Morgan fingerprint density at radius 3 is 1.75 bits per heavy atom. The summed E-state index contributed by atoms with van der Waals surface area (Å²) < 4.78 is 1.21. The van der Waals surface area contributed by atoms with Crippen LogP contribution in [0.2, 0.25) is 0 Å². The SMILES string of the molecule is CC[N+](CC)(CC)CCCCO. The molecule has 0 radical (unpaired) electrons. The van der Waals surface area contributed by atoms with Gasteiger partial charge in [0, 0.05) is 6.61 Å². The van der Waals surface area contributed by atoms with Gasteiger partial charge in [0.2, 0.25) is 0 Å². The van der Waals surface area contributed by atoms with Crippen molar-refractivity contribution in [1.29, 1.82) is 0 Å². The topological polar surface area (TPSA) is 20.2 Å². The van der Waals surface area contributed by atoms with Gasteiger partial charge in [-0.15, -0.1) is 0 Å². The first-order valence-electron chi connectivity index (χ1n) is 5.20. The van der Waals surface area contributed by atoms with Crippen molar-refractivity contribution in [3.8, 4) is 0 Å². The highest BCUT2D eigenvalue weighted by atomic mass is 16.2. The normalized spacial score (nSPS) is 12.0. The van der Waals surface area contributed by atoms with Crippen molar-refractivity contribution < 1.29 is 9.59 Å². The fraction of sp³-hybridized carbons (Fsp3) is 1.00. The lowest BCUT2D eigenvalue weighted by Crippen LogP contribution is -2.48. The van der Waals surface area contributed by atoms with E-state index in [1.165, 1.54) is 30.7 Å². The van der Waals surface area contributed by atoms with E-state index < -0.39 is 0 Å². The average molecular weight is 174 g/mol. The van der Waals surface area contributed by atoms with Crippen molar-refractivity contribution in [2.24, 2.45) is 0 Å². The third-order valence-corrected chi connectivity index (χ3v) is 3.05. The lowest BCUT2D eigenvalue weighted by atomic mass is 10.2. The summed E-state index contributed by atoms with van der Waals surface area (Å²) in [6.45, 7) is 12.0. The summed E-state index contributed by atoms with van der Waals surface area (Å²) in [6, 6.07) is 0. The highest BCUT2D eigenvalue weighted by molar-refractivity contribution is 4.41. The summed E-state index contributed by atoms with van der Waals surface area (Å²) in [7, 11) is 0. The predicted molar refractivity (Wildman–Crippen MR) is 53.1 cm³/mol. The maximum atomic E-state index is 8.67. The third-order valence-electron chi connectivity index (χ3n) is 3.05. The van der Waals surface area contributed by atoms with E-state index in [4.69, 9.17) is 5.11 Å². The molecule has 0 aromatic rings. The molecule has 0 spiro atoms. The number of hydrogen-bond acceptors (Lipinski definition) is 1. The van der Waals surface area contributed by atoms with Gasteiger partial charge in [-0.05, 0) is 33.6 Å². The number of rotatable bonds is 7. The van der Waals surface area contributed by atoms with Crippen molar-refractivity contribution in [2.45, 2.75) is 33.6 Å². The molecule has 0 aliphatic heterocycles.